The number of hydrogen-bond donors (Lipinski definition) is 3. The van der Waals surface area contributed by atoms with Gasteiger partial charge in [-0.2, -0.15) is 0 Å². The zero-order valence-corrected chi connectivity index (χ0v) is 14.8. The summed E-state index contributed by atoms with van der Waals surface area (Å²) in [6.45, 7) is 3.88. The maximum absolute atomic E-state index is 13.5. The van der Waals surface area contributed by atoms with Crippen molar-refractivity contribution in [1.82, 2.24) is 10.6 Å². The summed E-state index contributed by atoms with van der Waals surface area (Å²) >= 11 is 0. The Bertz CT molecular complexity index is 640. The molecule has 9 heteroatoms. The highest BCUT2D eigenvalue weighted by atomic mass is 19.3. The molecule has 7 nitrogen and oxygen atoms in total. The normalized spacial score (nSPS) is 14.4. The lowest BCUT2D eigenvalue weighted by Crippen LogP contribution is -2.64. The molecule has 0 aliphatic carbocycles. The van der Waals surface area contributed by atoms with Crippen LogP contribution in [-0.2, 0) is 20.9 Å². The van der Waals surface area contributed by atoms with E-state index in [0.717, 1.165) is 6.92 Å². The number of nitrogens with one attached hydrogen (secondary N) is 2. The predicted molar refractivity (Wildman–Crippen MR) is 90.1 cm³/mol. The van der Waals surface area contributed by atoms with Crippen LogP contribution in [0.4, 0.5) is 13.6 Å². The molecule has 0 unspecified atom stereocenters. The molecule has 0 saturated heterocycles. The molecule has 0 aromatic heterocycles. The van der Waals surface area contributed by atoms with Crippen LogP contribution in [0.25, 0.3) is 0 Å². The molecule has 144 valence electrons. The zero-order valence-electron chi connectivity index (χ0n) is 14.8. The van der Waals surface area contributed by atoms with Gasteiger partial charge in [-0.25, -0.2) is 13.6 Å². The van der Waals surface area contributed by atoms with Gasteiger partial charge in [0.15, 0.2) is 5.54 Å². The second kappa shape index (κ2) is 9.12. The Labute approximate surface area is 150 Å². The van der Waals surface area contributed by atoms with E-state index in [1.807, 2.05) is 5.32 Å². The van der Waals surface area contributed by atoms with Gasteiger partial charge < -0.3 is 21.1 Å². The average Bonchev–Trinajstić information content (AvgIpc) is 2.57. The van der Waals surface area contributed by atoms with Crippen molar-refractivity contribution in [3.8, 4) is 0 Å². The zero-order chi connectivity index (χ0) is 19.9. The number of rotatable bonds is 8. The highest BCUT2D eigenvalue weighted by Crippen LogP contribution is 2.17. The van der Waals surface area contributed by atoms with Gasteiger partial charge in [-0.3, -0.25) is 9.59 Å². The molecule has 1 aromatic carbocycles. The first-order chi connectivity index (χ1) is 12.1. The fraction of sp³-hybridized carbons (Fsp3) is 0.471. The second-order valence-electron chi connectivity index (χ2n) is 6.29. The molecule has 0 bridgehead atoms. The van der Waals surface area contributed by atoms with Crippen molar-refractivity contribution in [3.05, 3.63) is 35.9 Å². The number of hydrogen-bond acceptors (Lipinski definition) is 4. The first-order valence-corrected chi connectivity index (χ1v) is 7.95. The highest BCUT2D eigenvalue weighted by molar-refractivity contribution is 5.93. The van der Waals surface area contributed by atoms with E-state index in [1.165, 1.54) is 0 Å². The fourth-order valence-electron chi connectivity index (χ4n) is 2.04. The van der Waals surface area contributed by atoms with Crippen LogP contribution in [-0.4, -0.2) is 35.9 Å². The molecule has 4 N–H and O–H groups in total. The van der Waals surface area contributed by atoms with Crippen LogP contribution >= 0.6 is 0 Å². The lowest BCUT2D eigenvalue weighted by molar-refractivity contribution is -0.137. The summed E-state index contributed by atoms with van der Waals surface area (Å²) in [5.41, 5.74) is 3.23. The number of benzene rings is 1. The molecule has 0 fully saturated rings. The predicted octanol–water partition coefficient (Wildman–Crippen LogP) is 1.56. The summed E-state index contributed by atoms with van der Waals surface area (Å²) in [5.74, 6) is -2.51. The molecular weight excluding hydrogens is 348 g/mol. The Morgan fingerprint density at radius 1 is 1.19 bits per heavy atom. The fourth-order valence-corrected chi connectivity index (χ4v) is 2.04. The molecule has 0 heterocycles. The summed E-state index contributed by atoms with van der Waals surface area (Å²) in [7, 11) is 0. The minimum absolute atomic E-state index is 0.149. The van der Waals surface area contributed by atoms with Gasteiger partial charge in [-0.1, -0.05) is 44.2 Å². The third-order valence-corrected chi connectivity index (χ3v) is 3.74. The lowest BCUT2D eigenvalue weighted by atomic mass is 9.98. The molecule has 2 atom stereocenters. The van der Waals surface area contributed by atoms with Crippen molar-refractivity contribution in [3.63, 3.8) is 0 Å². The first kappa shape index (κ1) is 21.3. The molecular formula is C17H23F2N3O4. The van der Waals surface area contributed by atoms with Crippen LogP contribution in [0.3, 0.4) is 0 Å². The van der Waals surface area contributed by atoms with Gasteiger partial charge in [0.05, 0.1) is 0 Å². The number of alkyl halides is 2. The van der Waals surface area contributed by atoms with E-state index >= 15 is 0 Å². The summed E-state index contributed by atoms with van der Waals surface area (Å²) in [4.78, 5) is 35.5. The first-order valence-electron chi connectivity index (χ1n) is 7.95. The number of halogens is 2. The van der Waals surface area contributed by atoms with E-state index in [0.29, 0.717) is 5.56 Å². The quantitative estimate of drug-likeness (QED) is 0.644. The number of carbonyl (C=O) groups excluding carboxylic acids is 3. The van der Waals surface area contributed by atoms with Gasteiger partial charge in [-0.15, -0.1) is 0 Å². The number of nitrogens with two attached hydrogens (primary N) is 1. The van der Waals surface area contributed by atoms with Crippen LogP contribution in [0.2, 0.25) is 0 Å². The highest BCUT2D eigenvalue weighted by Gasteiger charge is 2.46. The van der Waals surface area contributed by atoms with Gasteiger partial charge >= 0.3 is 6.09 Å². The van der Waals surface area contributed by atoms with Crippen LogP contribution in [0.1, 0.15) is 26.3 Å². The van der Waals surface area contributed by atoms with Crippen molar-refractivity contribution >= 4 is 17.9 Å². The van der Waals surface area contributed by atoms with E-state index < -0.39 is 41.8 Å². The SMILES string of the molecule is CC(C)[C@H](NC(=O)[C@](C)(NC(=O)OCc1ccccc1)C(F)F)C(N)=O. The monoisotopic (exact) mass is 371 g/mol. The van der Waals surface area contributed by atoms with E-state index in [1.54, 1.807) is 44.2 Å². The Kier molecular flexibility index (Phi) is 7.48. The molecule has 0 spiro atoms. The number of primary amides is 1. The largest absolute Gasteiger partial charge is 0.445 e. The third kappa shape index (κ3) is 5.68. The lowest BCUT2D eigenvalue weighted by Gasteiger charge is -2.30. The maximum Gasteiger partial charge on any atom is 0.408 e. The van der Waals surface area contributed by atoms with E-state index in [-0.39, 0.29) is 6.61 Å². The minimum atomic E-state index is -3.24. The van der Waals surface area contributed by atoms with Gasteiger partial charge in [0, 0.05) is 0 Å². The molecule has 0 radical (unpaired) electrons. The summed E-state index contributed by atoms with van der Waals surface area (Å²) < 4.78 is 31.8. The van der Waals surface area contributed by atoms with Crippen LogP contribution in [0, 0.1) is 5.92 Å². The second-order valence-corrected chi connectivity index (χ2v) is 6.29. The molecule has 0 aliphatic rings. The van der Waals surface area contributed by atoms with E-state index in [4.69, 9.17) is 10.5 Å². The summed E-state index contributed by atoms with van der Waals surface area (Å²) in [5, 5.41) is 4.02. The minimum Gasteiger partial charge on any atom is -0.445 e. The summed E-state index contributed by atoms with van der Waals surface area (Å²) in [6.07, 6.45) is -4.43. The molecule has 1 aromatic rings. The topological polar surface area (TPSA) is 111 Å². The van der Waals surface area contributed by atoms with Gasteiger partial charge in [0.25, 0.3) is 12.3 Å². The van der Waals surface area contributed by atoms with E-state index in [2.05, 4.69) is 5.32 Å². The average molecular weight is 371 g/mol. The Balaban J connectivity index is 2.79. The van der Waals surface area contributed by atoms with Gasteiger partial charge in [-0.05, 0) is 18.4 Å². The van der Waals surface area contributed by atoms with Gasteiger partial charge in [0.2, 0.25) is 5.91 Å². The van der Waals surface area contributed by atoms with Gasteiger partial charge in [0.1, 0.15) is 12.6 Å². The Morgan fingerprint density at radius 2 is 1.77 bits per heavy atom. The Hall–Kier alpha value is -2.71. The maximum atomic E-state index is 13.5. The van der Waals surface area contributed by atoms with Crippen molar-refractivity contribution < 1.29 is 27.9 Å². The molecule has 1 rings (SSSR count). The smallest absolute Gasteiger partial charge is 0.408 e. The Morgan fingerprint density at radius 3 is 2.23 bits per heavy atom. The van der Waals surface area contributed by atoms with Crippen molar-refractivity contribution in [2.24, 2.45) is 11.7 Å². The molecule has 0 saturated carbocycles. The molecule has 3 amide bonds. The van der Waals surface area contributed by atoms with Crippen molar-refractivity contribution in [2.75, 3.05) is 0 Å². The summed E-state index contributed by atoms with van der Waals surface area (Å²) in [6, 6.07) is 7.44. The third-order valence-electron chi connectivity index (χ3n) is 3.74. The van der Waals surface area contributed by atoms with Crippen molar-refractivity contribution in [2.45, 2.75) is 45.4 Å². The number of amides is 3. The standard InChI is InChI=1S/C17H23F2N3O4/c1-10(2)12(13(20)23)21-15(24)17(3,14(18)19)22-16(25)26-9-11-7-5-4-6-8-11/h4-8,10,12,14H,9H2,1-3H3,(H2,20,23)(H,21,24)(H,22,25)/t12-,17+/m0/s1. The van der Waals surface area contributed by atoms with Crippen LogP contribution < -0.4 is 16.4 Å². The number of carbonyl (C=O) groups is 3. The van der Waals surface area contributed by atoms with Crippen LogP contribution in [0.5, 0.6) is 0 Å². The number of ether oxygens (including phenoxy) is 1. The number of alkyl carbamates (subject to hydrolysis) is 1. The molecule has 26 heavy (non-hydrogen) atoms. The molecule has 0 aliphatic heterocycles. The van der Waals surface area contributed by atoms with Crippen molar-refractivity contribution in [1.29, 1.82) is 0 Å². The van der Waals surface area contributed by atoms with E-state index in [9.17, 15) is 23.2 Å². The van der Waals surface area contributed by atoms with Crippen LogP contribution in [0.15, 0.2) is 30.3 Å².